The summed E-state index contributed by atoms with van der Waals surface area (Å²) in [6, 6.07) is 0. The molecule has 0 aromatic rings. The lowest BCUT2D eigenvalue weighted by Crippen LogP contribution is -2.57. The van der Waals surface area contributed by atoms with Gasteiger partial charge in [-0.05, 0) is 26.7 Å². The maximum atomic E-state index is 6.42. The Balaban J connectivity index is 1.87. The summed E-state index contributed by atoms with van der Waals surface area (Å²) in [5, 5.41) is 0. The molecule has 0 spiro atoms. The molecule has 0 unspecified atom stereocenters. The van der Waals surface area contributed by atoms with Crippen LogP contribution in [0.5, 0.6) is 0 Å². The van der Waals surface area contributed by atoms with Crippen molar-refractivity contribution in [3.63, 3.8) is 0 Å². The van der Waals surface area contributed by atoms with E-state index in [9.17, 15) is 0 Å². The number of nitrogens with zero attached hydrogens (tertiary/aromatic N) is 1. The minimum absolute atomic E-state index is 0.0466. The number of hydrogen-bond donors (Lipinski definition) is 1. The van der Waals surface area contributed by atoms with Crippen molar-refractivity contribution in [2.24, 2.45) is 5.73 Å². The molecule has 0 radical (unpaired) electrons. The highest BCUT2D eigenvalue weighted by molar-refractivity contribution is 4.91. The van der Waals surface area contributed by atoms with E-state index in [1.807, 2.05) is 0 Å². The van der Waals surface area contributed by atoms with E-state index in [0.29, 0.717) is 12.2 Å². The zero-order valence-electron chi connectivity index (χ0n) is 10.4. The van der Waals surface area contributed by atoms with Gasteiger partial charge in [0, 0.05) is 38.4 Å². The highest BCUT2D eigenvalue weighted by Crippen LogP contribution is 2.21. The summed E-state index contributed by atoms with van der Waals surface area (Å²) in [6.45, 7) is 8.88. The Labute approximate surface area is 98.1 Å². The Morgan fingerprint density at radius 1 is 1.19 bits per heavy atom. The van der Waals surface area contributed by atoms with E-state index in [1.165, 1.54) is 0 Å². The van der Waals surface area contributed by atoms with E-state index >= 15 is 0 Å². The fraction of sp³-hybridized carbons (Fsp3) is 1.00. The number of hydrogen-bond acceptors (Lipinski definition) is 4. The molecule has 94 valence electrons. The van der Waals surface area contributed by atoms with Gasteiger partial charge in [0.15, 0.2) is 0 Å². The first-order valence-electron chi connectivity index (χ1n) is 6.32. The summed E-state index contributed by atoms with van der Waals surface area (Å²) in [5.41, 5.74) is 6.37. The van der Waals surface area contributed by atoms with Crippen molar-refractivity contribution >= 4 is 0 Å². The topological polar surface area (TPSA) is 47.7 Å². The summed E-state index contributed by atoms with van der Waals surface area (Å²) in [5.74, 6) is 0. The fourth-order valence-corrected chi connectivity index (χ4v) is 2.79. The Kier molecular flexibility index (Phi) is 3.85. The average Bonchev–Trinajstić information content (AvgIpc) is 2.15. The van der Waals surface area contributed by atoms with E-state index in [1.54, 1.807) is 0 Å². The second-order valence-corrected chi connectivity index (χ2v) is 5.43. The molecule has 2 aliphatic heterocycles. The van der Waals surface area contributed by atoms with Crippen LogP contribution >= 0.6 is 0 Å². The highest BCUT2D eigenvalue weighted by atomic mass is 16.5. The maximum Gasteiger partial charge on any atom is 0.0678 e. The lowest BCUT2D eigenvalue weighted by molar-refractivity contribution is -0.0775. The molecule has 2 N–H and O–H groups in total. The van der Waals surface area contributed by atoms with Crippen LogP contribution in [0.1, 0.15) is 26.7 Å². The van der Waals surface area contributed by atoms with Crippen LogP contribution in [0.25, 0.3) is 0 Å². The normalized spacial score (nSPS) is 36.2. The van der Waals surface area contributed by atoms with Crippen molar-refractivity contribution in [1.82, 2.24) is 4.90 Å². The minimum atomic E-state index is -0.0466. The van der Waals surface area contributed by atoms with Gasteiger partial charge in [-0.3, -0.25) is 4.90 Å². The summed E-state index contributed by atoms with van der Waals surface area (Å²) in [6.07, 6.45) is 2.61. The minimum Gasteiger partial charge on any atom is -0.381 e. The zero-order valence-corrected chi connectivity index (χ0v) is 10.4. The molecule has 0 saturated carbocycles. The summed E-state index contributed by atoms with van der Waals surface area (Å²) >= 11 is 0. The van der Waals surface area contributed by atoms with Gasteiger partial charge in [-0.1, -0.05) is 0 Å². The van der Waals surface area contributed by atoms with Crippen LogP contribution in [0, 0.1) is 0 Å². The van der Waals surface area contributed by atoms with E-state index in [4.69, 9.17) is 15.2 Å². The predicted molar refractivity (Wildman–Crippen MR) is 63.4 cm³/mol. The van der Waals surface area contributed by atoms with Crippen molar-refractivity contribution in [1.29, 1.82) is 0 Å². The van der Waals surface area contributed by atoms with Crippen LogP contribution in [0.2, 0.25) is 0 Å². The van der Waals surface area contributed by atoms with Crippen molar-refractivity contribution in [2.75, 3.05) is 32.8 Å². The van der Waals surface area contributed by atoms with Gasteiger partial charge in [0.1, 0.15) is 0 Å². The molecule has 2 saturated heterocycles. The van der Waals surface area contributed by atoms with Gasteiger partial charge in [-0.15, -0.1) is 0 Å². The maximum absolute atomic E-state index is 6.42. The van der Waals surface area contributed by atoms with E-state index < -0.39 is 0 Å². The molecular formula is C12H24N2O2. The molecule has 2 fully saturated rings. The van der Waals surface area contributed by atoms with Crippen LogP contribution in [-0.4, -0.2) is 55.5 Å². The third-order valence-electron chi connectivity index (χ3n) is 3.52. The standard InChI is InChI=1S/C12H24N2O2/c1-10-7-14(8-11(2)16-10)9-12(13)3-5-15-6-4-12/h10-11H,3-9,13H2,1-2H3/t10-,11+. The monoisotopic (exact) mass is 228 g/mol. The van der Waals surface area contributed by atoms with Gasteiger partial charge >= 0.3 is 0 Å². The molecular weight excluding hydrogens is 204 g/mol. The molecule has 4 heteroatoms. The van der Waals surface area contributed by atoms with E-state index in [0.717, 1.165) is 45.7 Å². The van der Waals surface area contributed by atoms with Gasteiger partial charge < -0.3 is 15.2 Å². The van der Waals surface area contributed by atoms with Gasteiger partial charge in [0.25, 0.3) is 0 Å². The molecule has 0 bridgehead atoms. The van der Waals surface area contributed by atoms with Crippen LogP contribution in [0.15, 0.2) is 0 Å². The van der Waals surface area contributed by atoms with Crippen LogP contribution in [0.3, 0.4) is 0 Å². The number of morpholine rings is 1. The van der Waals surface area contributed by atoms with Gasteiger partial charge in [0.05, 0.1) is 12.2 Å². The van der Waals surface area contributed by atoms with Crippen molar-refractivity contribution < 1.29 is 9.47 Å². The van der Waals surface area contributed by atoms with Gasteiger partial charge in [0.2, 0.25) is 0 Å². The molecule has 2 atom stereocenters. The Morgan fingerprint density at radius 2 is 1.75 bits per heavy atom. The first-order valence-corrected chi connectivity index (χ1v) is 6.32. The summed E-state index contributed by atoms with van der Waals surface area (Å²) in [7, 11) is 0. The molecule has 0 amide bonds. The van der Waals surface area contributed by atoms with Crippen LogP contribution in [-0.2, 0) is 9.47 Å². The van der Waals surface area contributed by atoms with Crippen molar-refractivity contribution in [3.8, 4) is 0 Å². The Hall–Kier alpha value is -0.160. The third-order valence-corrected chi connectivity index (χ3v) is 3.52. The molecule has 4 nitrogen and oxygen atoms in total. The first-order chi connectivity index (χ1) is 7.57. The fourth-order valence-electron chi connectivity index (χ4n) is 2.79. The Bertz CT molecular complexity index is 219. The quantitative estimate of drug-likeness (QED) is 0.752. The number of nitrogens with two attached hydrogens (primary N) is 1. The molecule has 16 heavy (non-hydrogen) atoms. The lowest BCUT2D eigenvalue weighted by Gasteiger charge is -2.42. The SMILES string of the molecule is C[C@@H]1CN(CC2(N)CCOCC2)C[C@H](C)O1. The zero-order chi connectivity index (χ0) is 11.6. The van der Waals surface area contributed by atoms with Crippen LogP contribution < -0.4 is 5.73 Å². The second-order valence-electron chi connectivity index (χ2n) is 5.43. The van der Waals surface area contributed by atoms with Gasteiger partial charge in [-0.2, -0.15) is 0 Å². The summed E-state index contributed by atoms with van der Waals surface area (Å²) in [4.78, 5) is 2.45. The predicted octanol–water partition coefficient (Wildman–Crippen LogP) is 0.604. The average molecular weight is 228 g/mol. The molecule has 0 aromatic carbocycles. The lowest BCUT2D eigenvalue weighted by atomic mass is 9.90. The Morgan fingerprint density at radius 3 is 2.31 bits per heavy atom. The molecule has 0 aromatic heterocycles. The highest BCUT2D eigenvalue weighted by Gasteiger charge is 2.32. The van der Waals surface area contributed by atoms with Crippen LogP contribution in [0.4, 0.5) is 0 Å². The number of ether oxygens (including phenoxy) is 2. The van der Waals surface area contributed by atoms with E-state index in [-0.39, 0.29) is 5.54 Å². The second kappa shape index (κ2) is 5.00. The first kappa shape index (κ1) is 12.3. The molecule has 0 aliphatic carbocycles. The van der Waals surface area contributed by atoms with Crippen molar-refractivity contribution in [3.05, 3.63) is 0 Å². The van der Waals surface area contributed by atoms with Crippen molar-refractivity contribution in [2.45, 2.75) is 44.4 Å². The largest absolute Gasteiger partial charge is 0.381 e. The molecule has 2 heterocycles. The third kappa shape index (κ3) is 3.17. The smallest absolute Gasteiger partial charge is 0.0678 e. The molecule has 2 rings (SSSR count). The number of rotatable bonds is 2. The summed E-state index contributed by atoms with van der Waals surface area (Å²) < 4.78 is 11.1. The van der Waals surface area contributed by atoms with E-state index in [2.05, 4.69) is 18.7 Å². The molecule has 2 aliphatic rings. The van der Waals surface area contributed by atoms with Gasteiger partial charge in [-0.25, -0.2) is 0 Å².